The SMILES string of the molecule is CCCC(=O)C1=CCC=C(C(F)(F)F)N=C1. The minimum atomic E-state index is -4.45. The first kappa shape index (κ1) is 12.7. The van der Waals surface area contributed by atoms with Gasteiger partial charge in [-0.2, -0.15) is 13.2 Å². The summed E-state index contributed by atoms with van der Waals surface area (Å²) in [6, 6.07) is 0. The molecule has 0 aromatic rings. The number of carbonyl (C=O) groups is 1. The van der Waals surface area contributed by atoms with Gasteiger partial charge in [-0.3, -0.25) is 9.79 Å². The van der Waals surface area contributed by atoms with Gasteiger partial charge in [0.05, 0.1) is 0 Å². The molecule has 0 aromatic heterocycles. The molecule has 0 unspecified atom stereocenters. The second-order valence-electron chi connectivity index (χ2n) is 3.41. The summed E-state index contributed by atoms with van der Waals surface area (Å²) in [5, 5.41) is 0. The first-order chi connectivity index (χ1) is 7.45. The highest BCUT2D eigenvalue weighted by Crippen LogP contribution is 2.28. The standard InChI is InChI=1S/C11H12F3NO/c1-2-4-9(16)8-5-3-6-10(15-7-8)11(12,13)14/h5-7H,2-4H2,1H3. The zero-order valence-corrected chi connectivity index (χ0v) is 8.84. The molecule has 1 heterocycles. The number of Topliss-reactive ketones (excluding diaryl/α,β-unsaturated/α-hetero) is 1. The molecule has 0 saturated heterocycles. The van der Waals surface area contributed by atoms with Gasteiger partial charge in [0, 0.05) is 18.2 Å². The van der Waals surface area contributed by atoms with Crippen LogP contribution < -0.4 is 0 Å². The summed E-state index contributed by atoms with van der Waals surface area (Å²) in [6.07, 6.45) is 0.0866. The first-order valence-electron chi connectivity index (χ1n) is 5.00. The van der Waals surface area contributed by atoms with E-state index < -0.39 is 11.9 Å². The second-order valence-corrected chi connectivity index (χ2v) is 3.41. The van der Waals surface area contributed by atoms with Crippen LogP contribution in [0.25, 0.3) is 0 Å². The smallest absolute Gasteiger partial charge is 0.294 e. The Balaban J connectivity index is 2.79. The van der Waals surface area contributed by atoms with Crippen LogP contribution in [-0.2, 0) is 4.79 Å². The number of hydrogen-bond acceptors (Lipinski definition) is 2. The molecule has 0 atom stereocenters. The highest BCUT2D eigenvalue weighted by Gasteiger charge is 2.33. The van der Waals surface area contributed by atoms with E-state index in [1.54, 1.807) is 0 Å². The van der Waals surface area contributed by atoms with Crippen molar-refractivity contribution >= 4 is 12.0 Å². The third-order valence-electron chi connectivity index (χ3n) is 2.08. The number of nitrogens with zero attached hydrogens (tertiary/aromatic N) is 1. The number of allylic oxidation sites excluding steroid dienone is 4. The maximum atomic E-state index is 12.3. The number of carbonyl (C=O) groups excluding carboxylic acids is 1. The normalized spacial score (nSPS) is 16.5. The molecule has 1 rings (SSSR count). The predicted octanol–water partition coefficient (Wildman–Crippen LogP) is 3.20. The fourth-order valence-corrected chi connectivity index (χ4v) is 1.29. The quantitative estimate of drug-likeness (QED) is 0.733. The van der Waals surface area contributed by atoms with Crippen LogP contribution in [0, 0.1) is 0 Å². The van der Waals surface area contributed by atoms with E-state index in [-0.39, 0.29) is 17.8 Å². The van der Waals surface area contributed by atoms with Gasteiger partial charge in [-0.15, -0.1) is 0 Å². The van der Waals surface area contributed by atoms with Crippen molar-refractivity contribution in [1.29, 1.82) is 0 Å². The van der Waals surface area contributed by atoms with Crippen molar-refractivity contribution in [3.63, 3.8) is 0 Å². The molecule has 0 radical (unpaired) electrons. The van der Waals surface area contributed by atoms with Crippen molar-refractivity contribution in [3.8, 4) is 0 Å². The Labute approximate surface area is 91.6 Å². The van der Waals surface area contributed by atoms with Gasteiger partial charge in [0.1, 0.15) is 5.70 Å². The molecular weight excluding hydrogens is 219 g/mol. The van der Waals surface area contributed by atoms with Gasteiger partial charge in [-0.05, 0) is 18.9 Å². The van der Waals surface area contributed by atoms with Crippen LogP contribution >= 0.6 is 0 Å². The lowest BCUT2D eigenvalue weighted by Crippen LogP contribution is -2.10. The molecule has 0 fully saturated rings. The van der Waals surface area contributed by atoms with Gasteiger partial charge < -0.3 is 0 Å². The average Bonchev–Trinajstić information content (AvgIpc) is 2.41. The summed E-state index contributed by atoms with van der Waals surface area (Å²) in [4.78, 5) is 14.7. The van der Waals surface area contributed by atoms with E-state index in [1.165, 1.54) is 6.08 Å². The summed E-state index contributed by atoms with van der Waals surface area (Å²) in [6.45, 7) is 1.84. The molecule has 2 nitrogen and oxygen atoms in total. The fourth-order valence-electron chi connectivity index (χ4n) is 1.29. The van der Waals surface area contributed by atoms with E-state index in [0.29, 0.717) is 12.8 Å². The van der Waals surface area contributed by atoms with Crippen molar-refractivity contribution < 1.29 is 18.0 Å². The summed E-state index contributed by atoms with van der Waals surface area (Å²) in [5.41, 5.74) is -0.680. The third kappa shape index (κ3) is 3.32. The van der Waals surface area contributed by atoms with Crippen LogP contribution in [0.5, 0.6) is 0 Å². The molecule has 1 aliphatic rings. The zero-order chi connectivity index (χ0) is 12.2. The van der Waals surface area contributed by atoms with Crippen LogP contribution in [0.1, 0.15) is 26.2 Å². The van der Waals surface area contributed by atoms with Gasteiger partial charge in [0.15, 0.2) is 5.78 Å². The number of ketones is 1. The zero-order valence-electron chi connectivity index (χ0n) is 8.84. The number of rotatable bonds is 3. The van der Waals surface area contributed by atoms with Crippen LogP contribution in [0.3, 0.4) is 0 Å². The molecule has 5 heteroatoms. The van der Waals surface area contributed by atoms with Crippen molar-refractivity contribution in [2.45, 2.75) is 32.4 Å². The Morgan fingerprint density at radius 1 is 1.44 bits per heavy atom. The van der Waals surface area contributed by atoms with Gasteiger partial charge in [0.25, 0.3) is 0 Å². The lowest BCUT2D eigenvalue weighted by molar-refractivity contribution is -0.115. The van der Waals surface area contributed by atoms with Gasteiger partial charge in [0.2, 0.25) is 0 Å². The Bertz CT molecular complexity index is 364. The average molecular weight is 231 g/mol. The predicted molar refractivity (Wildman–Crippen MR) is 55.2 cm³/mol. The summed E-state index contributed by atoms with van der Waals surface area (Å²) in [7, 11) is 0. The monoisotopic (exact) mass is 231 g/mol. The van der Waals surface area contributed by atoms with Crippen molar-refractivity contribution in [2.75, 3.05) is 0 Å². The van der Waals surface area contributed by atoms with Crippen LogP contribution in [0.4, 0.5) is 13.2 Å². The molecule has 0 aliphatic carbocycles. The molecule has 0 N–H and O–H groups in total. The molecule has 16 heavy (non-hydrogen) atoms. The third-order valence-corrected chi connectivity index (χ3v) is 2.08. The molecule has 0 amide bonds. The number of hydrogen-bond donors (Lipinski definition) is 0. The fraction of sp³-hybridized carbons (Fsp3) is 0.455. The maximum Gasteiger partial charge on any atom is 0.433 e. The lowest BCUT2D eigenvalue weighted by Gasteiger charge is -2.04. The summed E-state index contributed by atoms with van der Waals surface area (Å²) < 4.78 is 36.9. The number of alkyl halides is 3. The minimum Gasteiger partial charge on any atom is -0.294 e. The lowest BCUT2D eigenvalue weighted by atomic mass is 10.1. The molecule has 0 saturated carbocycles. The first-order valence-corrected chi connectivity index (χ1v) is 5.00. The van der Waals surface area contributed by atoms with Crippen LogP contribution in [-0.4, -0.2) is 18.2 Å². The Morgan fingerprint density at radius 3 is 2.69 bits per heavy atom. The van der Waals surface area contributed by atoms with Crippen molar-refractivity contribution in [3.05, 3.63) is 23.4 Å². The topological polar surface area (TPSA) is 29.4 Å². The Morgan fingerprint density at radius 2 is 2.12 bits per heavy atom. The Kier molecular flexibility index (Phi) is 4.04. The molecule has 0 aromatic carbocycles. The second kappa shape index (κ2) is 5.09. The van der Waals surface area contributed by atoms with Crippen molar-refractivity contribution in [1.82, 2.24) is 0 Å². The maximum absolute atomic E-state index is 12.3. The Hall–Kier alpha value is -1.39. The van der Waals surface area contributed by atoms with E-state index in [1.807, 2.05) is 6.92 Å². The minimum absolute atomic E-state index is 0.0830. The van der Waals surface area contributed by atoms with Gasteiger partial charge >= 0.3 is 6.18 Å². The molecule has 1 aliphatic heterocycles. The highest BCUT2D eigenvalue weighted by molar-refractivity contribution is 6.13. The largest absolute Gasteiger partial charge is 0.433 e. The van der Waals surface area contributed by atoms with Gasteiger partial charge in [-0.1, -0.05) is 13.0 Å². The summed E-state index contributed by atoms with van der Waals surface area (Å²) >= 11 is 0. The summed E-state index contributed by atoms with van der Waals surface area (Å²) in [5.74, 6) is -0.164. The molecule has 0 bridgehead atoms. The number of halogens is 3. The van der Waals surface area contributed by atoms with Crippen LogP contribution in [0.2, 0.25) is 0 Å². The van der Waals surface area contributed by atoms with E-state index >= 15 is 0 Å². The van der Waals surface area contributed by atoms with E-state index in [0.717, 1.165) is 12.3 Å². The molecular formula is C11H12F3NO. The number of aliphatic imine (C=N–C) groups is 1. The van der Waals surface area contributed by atoms with E-state index in [4.69, 9.17) is 0 Å². The highest BCUT2D eigenvalue weighted by atomic mass is 19.4. The van der Waals surface area contributed by atoms with E-state index in [2.05, 4.69) is 4.99 Å². The van der Waals surface area contributed by atoms with Gasteiger partial charge in [-0.25, -0.2) is 0 Å². The van der Waals surface area contributed by atoms with Crippen LogP contribution in [0.15, 0.2) is 28.4 Å². The molecule has 0 spiro atoms. The molecule has 88 valence electrons. The van der Waals surface area contributed by atoms with Crippen molar-refractivity contribution in [2.24, 2.45) is 4.99 Å². The van der Waals surface area contributed by atoms with E-state index in [9.17, 15) is 18.0 Å².